The SMILES string of the molecule is CCS[C@@H]1CCCCN(C(=O)Cc2nc3nc(C)cc(C)n3n2)C1. The average molecular weight is 347 g/mol. The molecule has 1 atom stereocenters. The third-order valence-electron chi connectivity index (χ3n) is 4.35. The summed E-state index contributed by atoms with van der Waals surface area (Å²) in [5.74, 6) is 2.37. The number of nitrogens with zero attached hydrogens (tertiary/aromatic N) is 5. The van der Waals surface area contributed by atoms with Crippen molar-refractivity contribution in [1.82, 2.24) is 24.5 Å². The van der Waals surface area contributed by atoms with E-state index in [0.29, 0.717) is 16.9 Å². The second-order valence-corrected chi connectivity index (χ2v) is 7.95. The number of carbonyl (C=O) groups is 1. The topological polar surface area (TPSA) is 63.4 Å². The Morgan fingerprint density at radius 1 is 1.33 bits per heavy atom. The lowest BCUT2D eigenvalue weighted by atomic mass is 10.2. The van der Waals surface area contributed by atoms with Gasteiger partial charge in [0.15, 0.2) is 5.82 Å². The van der Waals surface area contributed by atoms with E-state index < -0.39 is 0 Å². The van der Waals surface area contributed by atoms with Crippen LogP contribution >= 0.6 is 11.8 Å². The van der Waals surface area contributed by atoms with Crippen molar-refractivity contribution >= 4 is 23.4 Å². The van der Waals surface area contributed by atoms with Crippen molar-refractivity contribution in [3.05, 3.63) is 23.3 Å². The highest BCUT2D eigenvalue weighted by Crippen LogP contribution is 2.22. The van der Waals surface area contributed by atoms with Crippen LogP contribution in [-0.4, -0.2) is 54.5 Å². The van der Waals surface area contributed by atoms with Gasteiger partial charge in [-0.05, 0) is 38.5 Å². The minimum Gasteiger partial charge on any atom is -0.341 e. The molecule has 0 aliphatic carbocycles. The summed E-state index contributed by atoms with van der Waals surface area (Å²) in [6.07, 6.45) is 3.75. The van der Waals surface area contributed by atoms with Gasteiger partial charge in [-0.2, -0.15) is 16.7 Å². The lowest BCUT2D eigenvalue weighted by molar-refractivity contribution is -0.130. The lowest BCUT2D eigenvalue weighted by Crippen LogP contribution is -2.36. The van der Waals surface area contributed by atoms with Gasteiger partial charge in [-0.3, -0.25) is 4.79 Å². The number of likely N-dealkylation sites (tertiary alicyclic amines) is 1. The van der Waals surface area contributed by atoms with Gasteiger partial charge >= 0.3 is 0 Å². The molecule has 0 saturated carbocycles. The molecular weight excluding hydrogens is 322 g/mol. The van der Waals surface area contributed by atoms with E-state index in [-0.39, 0.29) is 12.3 Å². The van der Waals surface area contributed by atoms with Crippen LogP contribution in [0.1, 0.15) is 43.4 Å². The Morgan fingerprint density at radius 3 is 2.96 bits per heavy atom. The zero-order valence-electron chi connectivity index (χ0n) is 14.7. The van der Waals surface area contributed by atoms with Gasteiger partial charge in [0.05, 0.1) is 6.42 Å². The molecule has 24 heavy (non-hydrogen) atoms. The summed E-state index contributed by atoms with van der Waals surface area (Å²) in [5.41, 5.74) is 1.90. The number of hydrogen-bond acceptors (Lipinski definition) is 5. The molecule has 1 aliphatic heterocycles. The highest BCUT2D eigenvalue weighted by Gasteiger charge is 2.23. The molecule has 0 aromatic carbocycles. The Labute approximate surface area is 147 Å². The highest BCUT2D eigenvalue weighted by molar-refractivity contribution is 7.99. The third kappa shape index (κ3) is 3.88. The second kappa shape index (κ2) is 7.51. The summed E-state index contributed by atoms with van der Waals surface area (Å²) in [5, 5.41) is 5.01. The molecule has 0 unspecified atom stereocenters. The molecule has 2 aromatic heterocycles. The number of aryl methyl sites for hydroxylation is 2. The first-order chi connectivity index (χ1) is 11.6. The molecule has 1 saturated heterocycles. The number of aromatic nitrogens is 4. The minimum atomic E-state index is 0.129. The van der Waals surface area contributed by atoms with Crippen LogP contribution in [0.4, 0.5) is 0 Å². The quantitative estimate of drug-likeness (QED) is 0.850. The summed E-state index contributed by atoms with van der Waals surface area (Å²) >= 11 is 1.96. The van der Waals surface area contributed by atoms with Gasteiger partial charge in [0.25, 0.3) is 5.78 Å². The van der Waals surface area contributed by atoms with E-state index in [1.54, 1.807) is 4.52 Å². The number of rotatable bonds is 4. The van der Waals surface area contributed by atoms with Crippen LogP contribution in [0.15, 0.2) is 6.07 Å². The van der Waals surface area contributed by atoms with Gasteiger partial charge in [-0.15, -0.1) is 5.10 Å². The average Bonchev–Trinajstić information content (AvgIpc) is 2.77. The van der Waals surface area contributed by atoms with Crippen molar-refractivity contribution < 1.29 is 4.79 Å². The van der Waals surface area contributed by atoms with Crippen molar-refractivity contribution in [2.45, 2.75) is 51.7 Å². The van der Waals surface area contributed by atoms with Crippen molar-refractivity contribution in [2.75, 3.05) is 18.8 Å². The predicted octanol–water partition coefficient (Wildman–Crippen LogP) is 2.42. The first-order valence-electron chi connectivity index (χ1n) is 8.66. The van der Waals surface area contributed by atoms with Crippen LogP contribution < -0.4 is 0 Å². The van der Waals surface area contributed by atoms with Crippen LogP contribution in [0, 0.1) is 13.8 Å². The number of amides is 1. The molecule has 130 valence electrons. The number of thioether (sulfide) groups is 1. The molecule has 1 amide bonds. The van der Waals surface area contributed by atoms with Crippen LogP contribution in [0.3, 0.4) is 0 Å². The molecular formula is C17H25N5OS. The van der Waals surface area contributed by atoms with Gasteiger partial charge in [-0.1, -0.05) is 13.3 Å². The smallest absolute Gasteiger partial charge is 0.252 e. The fraction of sp³-hybridized carbons (Fsp3) is 0.647. The van der Waals surface area contributed by atoms with Crippen molar-refractivity contribution in [3.8, 4) is 0 Å². The van der Waals surface area contributed by atoms with E-state index in [2.05, 4.69) is 22.0 Å². The summed E-state index contributed by atoms with van der Waals surface area (Å²) in [6, 6.07) is 1.97. The van der Waals surface area contributed by atoms with Gasteiger partial charge in [0, 0.05) is 29.7 Å². The lowest BCUT2D eigenvalue weighted by Gasteiger charge is -2.23. The second-order valence-electron chi connectivity index (χ2n) is 6.37. The van der Waals surface area contributed by atoms with E-state index in [9.17, 15) is 4.79 Å². The first kappa shape index (κ1) is 17.2. The minimum absolute atomic E-state index is 0.129. The molecule has 1 aliphatic rings. The molecule has 6 nitrogen and oxygen atoms in total. The Kier molecular flexibility index (Phi) is 5.38. The summed E-state index contributed by atoms with van der Waals surface area (Å²) in [7, 11) is 0. The van der Waals surface area contributed by atoms with Gasteiger partial charge in [0.2, 0.25) is 5.91 Å². The summed E-state index contributed by atoms with van der Waals surface area (Å²) < 4.78 is 1.72. The largest absolute Gasteiger partial charge is 0.341 e. The zero-order chi connectivity index (χ0) is 17.1. The molecule has 0 spiro atoms. The maximum Gasteiger partial charge on any atom is 0.252 e. The number of hydrogen-bond donors (Lipinski definition) is 0. The molecule has 0 N–H and O–H groups in total. The van der Waals surface area contributed by atoms with Crippen molar-refractivity contribution in [1.29, 1.82) is 0 Å². The summed E-state index contributed by atoms with van der Waals surface area (Å²) in [4.78, 5) is 23.5. The van der Waals surface area contributed by atoms with Crippen molar-refractivity contribution in [2.24, 2.45) is 0 Å². The number of carbonyl (C=O) groups excluding carboxylic acids is 1. The van der Waals surface area contributed by atoms with Gasteiger partial charge in [0.1, 0.15) is 0 Å². The molecule has 0 bridgehead atoms. The van der Waals surface area contributed by atoms with E-state index in [1.807, 2.05) is 36.6 Å². The molecule has 2 aromatic rings. The maximum absolute atomic E-state index is 12.7. The third-order valence-corrected chi connectivity index (χ3v) is 5.54. The van der Waals surface area contributed by atoms with Gasteiger partial charge < -0.3 is 4.90 Å². The zero-order valence-corrected chi connectivity index (χ0v) is 15.5. The Balaban J connectivity index is 1.72. The summed E-state index contributed by atoms with van der Waals surface area (Å²) in [6.45, 7) is 7.79. The fourth-order valence-electron chi connectivity index (χ4n) is 3.23. The molecule has 0 radical (unpaired) electrons. The van der Waals surface area contributed by atoms with Crippen molar-refractivity contribution in [3.63, 3.8) is 0 Å². The van der Waals surface area contributed by atoms with Crippen LogP contribution in [0.5, 0.6) is 0 Å². The van der Waals surface area contributed by atoms with E-state index in [0.717, 1.165) is 36.7 Å². The highest BCUT2D eigenvalue weighted by atomic mass is 32.2. The van der Waals surface area contributed by atoms with E-state index >= 15 is 0 Å². The predicted molar refractivity (Wildman–Crippen MR) is 96.3 cm³/mol. The molecule has 3 heterocycles. The van der Waals surface area contributed by atoms with Gasteiger partial charge in [-0.25, -0.2) is 9.50 Å². The standard InChI is InChI=1S/C17H25N5OS/c1-4-24-14-7-5-6-8-21(11-14)16(23)10-15-19-17-18-12(2)9-13(3)22(17)20-15/h9,14H,4-8,10-11H2,1-3H3/t14-/m1/s1. The molecule has 3 rings (SSSR count). The Hall–Kier alpha value is -1.63. The van der Waals surface area contributed by atoms with E-state index in [1.165, 1.54) is 12.8 Å². The first-order valence-corrected chi connectivity index (χ1v) is 9.71. The Bertz CT molecular complexity index is 729. The monoisotopic (exact) mass is 347 g/mol. The number of fused-ring (bicyclic) bond motifs is 1. The fourth-order valence-corrected chi connectivity index (χ4v) is 4.32. The van der Waals surface area contributed by atoms with Crippen LogP contribution in [0.2, 0.25) is 0 Å². The van der Waals surface area contributed by atoms with Crippen LogP contribution in [-0.2, 0) is 11.2 Å². The van der Waals surface area contributed by atoms with Crippen LogP contribution in [0.25, 0.3) is 5.78 Å². The molecule has 7 heteroatoms. The van der Waals surface area contributed by atoms with E-state index in [4.69, 9.17) is 0 Å². The Morgan fingerprint density at radius 2 is 2.17 bits per heavy atom. The maximum atomic E-state index is 12.7. The molecule has 1 fully saturated rings. The normalized spacial score (nSPS) is 18.8.